The van der Waals surface area contributed by atoms with Gasteiger partial charge in [-0.15, -0.1) is 0 Å². The minimum absolute atomic E-state index is 0.219. The fraction of sp³-hybridized carbons (Fsp3) is 0.333. The van der Waals surface area contributed by atoms with Crippen molar-refractivity contribution in [1.82, 2.24) is 9.71 Å². The van der Waals surface area contributed by atoms with Crippen molar-refractivity contribution >= 4 is 10.1 Å². The summed E-state index contributed by atoms with van der Waals surface area (Å²) in [6.07, 6.45) is 0. The van der Waals surface area contributed by atoms with Crippen LogP contribution in [0, 0.1) is 19.3 Å². The molecule has 1 heterocycles. The van der Waals surface area contributed by atoms with Crippen molar-refractivity contribution in [2.45, 2.75) is 18.9 Å². The molecular weight excluding hydrogens is 210 g/mol. The van der Waals surface area contributed by atoms with Gasteiger partial charge < -0.3 is 5.21 Å². The highest BCUT2D eigenvalue weighted by atomic mass is 32.2. The molecule has 0 atom stereocenters. The Bertz CT molecular complexity index is 531. The van der Waals surface area contributed by atoms with Crippen LogP contribution in [-0.2, 0) is 10.1 Å². The minimum atomic E-state index is -4.57. The summed E-state index contributed by atoms with van der Waals surface area (Å²) in [7, 11) is -4.57. The number of hydrogen-bond acceptors (Lipinski definition) is 5. The van der Waals surface area contributed by atoms with Gasteiger partial charge in [0.05, 0.1) is 11.4 Å². The molecule has 0 saturated carbocycles. The number of nitrogens with one attached hydrogen (secondary N) is 1. The minimum Gasteiger partial charge on any atom is -0.427 e. The Kier molecular flexibility index (Phi) is 2.34. The second-order valence-electron chi connectivity index (χ2n) is 2.72. The molecule has 0 spiro atoms. The van der Waals surface area contributed by atoms with Crippen LogP contribution in [0.5, 0.6) is 0 Å². The molecule has 0 bridgehead atoms. The topological polar surface area (TPSA) is 116 Å². The zero-order chi connectivity index (χ0) is 11.1. The Hall–Kier alpha value is -1.41. The molecule has 0 fully saturated rings. The number of hydrogen-bond donors (Lipinski definition) is 3. The molecular formula is C6H9N3O4S. The monoisotopic (exact) mass is 219 g/mol. The molecule has 0 unspecified atom stereocenters. The van der Waals surface area contributed by atoms with Crippen LogP contribution in [0.15, 0.2) is 5.03 Å². The second kappa shape index (κ2) is 3.07. The van der Waals surface area contributed by atoms with Gasteiger partial charge in [-0.25, -0.2) is 4.98 Å². The lowest BCUT2D eigenvalue weighted by Gasteiger charge is -2.07. The first-order valence-electron chi connectivity index (χ1n) is 3.56. The summed E-state index contributed by atoms with van der Waals surface area (Å²) in [5.41, 5.74) is -0.311. The van der Waals surface area contributed by atoms with Crippen LogP contribution < -0.4 is 5.49 Å². The molecule has 7 nitrogen and oxygen atoms in total. The summed E-state index contributed by atoms with van der Waals surface area (Å²) < 4.78 is 30.5. The third kappa shape index (κ3) is 1.61. The van der Waals surface area contributed by atoms with E-state index in [1.54, 1.807) is 0 Å². The van der Waals surface area contributed by atoms with Crippen molar-refractivity contribution in [3.05, 3.63) is 16.9 Å². The third-order valence-corrected chi connectivity index (χ3v) is 2.54. The van der Waals surface area contributed by atoms with Gasteiger partial charge in [0.15, 0.2) is 0 Å². The quantitative estimate of drug-likeness (QED) is 0.433. The smallest absolute Gasteiger partial charge is 0.316 e. The molecule has 1 aromatic rings. The maximum atomic E-state index is 10.7. The summed E-state index contributed by atoms with van der Waals surface area (Å²) in [6.45, 7) is 2.92. The SMILES string of the molecule is Cc1nc(S(=O)(=O)O)c(=N)n(O)c1C. The van der Waals surface area contributed by atoms with Crippen LogP contribution in [0.1, 0.15) is 11.4 Å². The van der Waals surface area contributed by atoms with Gasteiger partial charge in [-0.2, -0.15) is 13.1 Å². The van der Waals surface area contributed by atoms with Crippen molar-refractivity contribution in [3.8, 4) is 0 Å². The lowest BCUT2D eigenvalue weighted by Crippen LogP contribution is -2.29. The largest absolute Gasteiger partial charge is 0.427 e. The van der Waals surface area contributed by atoms with E-state index in [0.717, 1.165) is 0 Å². The van der Waals surface area contributed by atoms with Crippen LogP contribution in [0.3, 0.4) is 0 Å². The lowest BCUT2D eigenvalue weighted by molar-refractivity contribution is 0.157. The molecule has 3 N–H and O–H groups in total. The highest BCUT2D eigenvalue weighted by molar-refractivity contribution is 7.85. The Labute approximate surface area is 79.9 Å². The summed E-state index contributed by atoms with van der Waals surface area (Å²) in [6, 6.07) is 0. The van der Waals surface area contributed by atoms with Crippen molar-refractivity contribution in [3.63, 3.8) is 0 Å². The fourth-order valence-electron chi connectivity index (χ4n) is 0.878. The van der Waals surface area contributed by atoms with Gasteiger partial charge in [-0.3, -0.25) is 9.96 Å². The molecule has 0 aromatic carbocycles. The molecule has 0 radical (unpaired) electrons. The summed E-state index contributed by atoms with van der Waals surface area (Å²) >= 11 is 0. The fourth-order valence-corrected chi connectivity index (χ4v) is 1.46. The Morgan fingerprint density at radius 2 is 1.93 bits per heavy atom. The van der Waals surface area contributed by atoms with E-state index in [4.69, 9.17) is 9.96 Å². The standard InChI is InChI=1S/C6H9N3O4S/c1-3-4(2)9(10)5(7)6(8-3)14(11,12)13/h7,10H,1-2H3,(H,11,12,13). The Balaban J connectivity index is 3.76. The molecule has 1 aromatic heterocycles. The average molecular weight is 219 g/mol. The van der Waals surface area contributed by atoms with Crippen molar-refractivity contribution < 1.29 is 18.2 Å². The van der Waals surface area contributed by atoms with Gasteiger partial charge in [0.2, 0.25) is 10.5 Å². The van der Waals surface area contributed by atoms with E-state index >= 15 is 0 Å². The predicted octanol–water partition coefficient (Wildman–Crippen LogP) is -0.537. The van der Waals surface area contributed by atoms with Gasteiger partial charge >= 0.3 is 10.1 Å². The van der Waals surface area contributed by atoms with Crippen LogP contribution >= 0.6 is 0 Å². The number of rotatable bonds is 1. The zero-order valence-electron chi connectivity index (χ0n) is 7.51. The molecule has 0 aliphatic carbocycles. The molecule has 14 heavy (non-hydrogen) atoms. The van der Waals surface area contributed by atoms with Gasteiger partial charge in [-0.05, 0) is 13.8 Å². The molecule has 1 rings (SSSR count). The van der Waals surface area contributed by atoms with E-state index in [1.807, 2.05) is 0 Å². The van der Waals surface area contributed by atoms with Crippen LogP contribution in [0.2, 0.25) is 0 Å². The average Bonchev–Trinajstić information content (AvgIpc) is 2.06. The Morgan fingerprint density at radius 1 is 1.43 bits per heavy atom. The van der Waals surface area contributed by atoms with E-state index in [0.29, 0.717) is 4.73 Å². The summed E-state index contributed by atoms with van der Waals surface area (Å²) in [4.78, 5) is 3.50. The first kappa shape index (κ1) is 10.7. The number of aryl methyl sites for hydroxylation is 1. The van der Waals surface area contributed by atoms with Crippen molar-refractivity contribution in [2.24, 2.45) is 0 Å². The lowest BCUT2D eigenvalue weighted by atomic mass is 10.3. The third-order valence-electron chi connectivity index (χ3n) is 1.77. The van der Waals surface area contributed by atoms with Gasteiger partial charge in [-0.1, -0.05) is 0 Å². The zero-order valence-corrected chi connectivity index (χ0v) is 8.33. The van der Waals surface area contributed by atoms with E-state index in [-0.39, 0.29) is 11.4 Å². The van der Waals surface area contributed by atoms with Crippen molar-refractivity contribution in [2.75, 3.05) is 0 Å². The molecule has 0 amide bonds. The van der Waals surface area contributed by atoms with E-state index in [1.165, 1.54) is 13.8 Å². The van der Waals surface area contributed by atoms with E-state index in [9.17, 15) is 13.6 Å². The van der Waals surface area contributed by atoms with Gasteiger partial charge in [0.1, 0.15) is 0 Å². The van der Waals surface area contributed by atoms with Crippen LogP contribution in [-0.4, -0.2) is 27.9 Å². The van der Waals surface area contributed by atoms with Gasteiger partial charge in [0.25, 0.3) is 0 Å². The normalized spacial score (nSPS) is 11.6. The van der Waals surface area contributed by atoms with Crippen LogP contribution in [0.4, 0.5) is 0 Å². The highest BCUT2D eigenvalue weighted by Crippen LogP contribution is 2.03. The van der Waals surface area contributed by atoms with Crippen LogP contribution in [0.25, 0.3) is 0 Å². The number of aromatic nitrogens is 2. The summed E-state index contributed by atoms with van der Waals surface area (Å²) in [5.74, 6) is 0. The molecule has 78 valence electrons. The molecule has 0 aliphatic heterocycles. The van der Waals surface area contributed by atoms with E-state index < -0.39 is 20.6 Å². The molecule has 0 saturated heterocycles. The predicted molar refractivity (Wildman–Crippen MR) is 44.6 cm³/mol. The maximum Gasteiger partial charge on any atom is 0.316 e. The van der Waals surface area contributed by atoms with Crippen molar-refractivity contribution in [1.29, 1.82) is 5.41 Å². The first-order chi connectivity index (χ1) is 6.25. The van der Waals surface area contributed by atoms with E-state index in [2.05, 4.69) is 4.98 Å². The molecule has 8 heteroatoms. The first-order valence-corrected chi connectivity index (χ1v) is 5.00. The second-order valence-corrected chi connectivity index (χ2v) is 4.06. The number of nitrogens with zero attached hydrogens (tertiary/aromatic N) is 2. The highest BCUT2D eigenvalue weighted by Gasteiger charge is 2.18. The Morgan fingerprint density at radius 3 is 2.36 bits per heavy atom. The summed E-state index contributed by atoms with van der Waals surface area (Å²) in [5, 5.41) is 15.6. The van der Waals surface area contributed by atoms with Gasteiger partial charge in [0, 0.05) is 0 Å². The molecule has 0 aliphatic rings. The maximum absolute atomic E-state index is 10.7.